The number of amides is 2. The molecule has 0 spiro atoms. The van der Waals surface area contributed by atoms with Gasteiger partial charge in [0.2, 0.25) is 0 Å². The van der Waals surface area contributed by atoms with Crippen molar-refractivity contribution in [1.82, 2.24) is 4.90 Å². The van der Waals surface area contributed by atoms with Crippen molar-refractivity contribution in [3.8, 4) is 0 Å². The molecule has 126 valence electrons. The summed E-state index contributed by atoms with van der Waals surface area (Å²) < 4.78 is 10.5. The molecule has 1 aromatic rings. The molecule has 0 unspecified atom stereocenters. The van der Waals surface area contributed by atoms with Crippen LogP contribution in [0.4, 0.5) is 10.5 Å². The lowest BCUT2D eigenvalue weighted by molar-refractivity contribution is 0.0285. The summed E-state index contributed by atoms with van der Waals surface area (Å²) in [6.45, 7) is 8.39. The van der Waals surface area contributed by atoms with Gasteiger partial charge in [0.1, 0.15) is 5.60 Å². The first-order valence-electron chi connectivity index (χ1n) is 7.72. The fourth-order valence-electron chi connectivity index (χ4n) is 2.24. The first kappa shape index (κ1) is 17.3. The summed E-state index contributed by atoms with van der Waals surface area (Å²) >= 11 is 0. The smallest absolute Gasteiger partial charge is 0.417 e. The number of anilines is 1. The predicted molar refractivity (Wildman–Crippen MR) is 87.8 cm³/mol. The Morgan fingerprint density at radius 1 is 1.13 bits per heavy atom. The van der Waals surface area contributed by atoms with Crippen LogP contribution in [0.15, 0.2) is 24.3 Å². The van der Waals surface area contributed by atoms with Gasteiger partial charge in [-0.25, -0.2) is 9.69 Å². The van der Waals surface area contributed by atoms with Crippen molar-refractivity contribution in [1.29, 1.82) is 0 Å². The van der Waals surface area contributed by atoms with Crippen molar-refractivity contribution in [3.63, 3.8) is 0 Å². The van der Waals surface area contributed by atoms with E-state index in [1.54, 1.807) is 32.9 Å². The lowest BCUT2D eigenvalue weighted by Crippen LogP contribution is -2.38. The monoisotopic (exact) mass is 320 g/mol. The number of nitrogens with zero attached hydrogens (tertiary/aromatic N) is 2. The topological polar surface area (TPSA) is 59.1 Å². The SMILES string of the molecule is CN(C(=O)OC(C)(C)C)C(=O)c1ccc(N2CCOCC2)cc1. The van der Waals surface area contributed by atoms with Crippen LogP contribution < -0.4 is 4.90 Å². The Hall–Kier alpha value is -2.08. The van der Waals surface area contributed by atoms with Gasteiger partial charge in [-0.3, -0.25) is 4.79 Å². The molecular weight excluding hydrogens is 296 g/mol. The second-order valence-corrected chi connectivity index (χ2v) is 6.49. The van der Waals surface area contributed by atoms with Crippen LogP contribution in [-0.2, 0) is 9.47 Å². The molecule has 0 aliphatic carbocycles. The molecular formula is C17H24N2O4. The predicted octanol–water partition coefficient (Wildman–Crippen LogP) is 2.53. The molecule has 1 aliphatic heterocycles. The van der Waals surface area contributed by atoms with E-state index in [1.165, 1.54) is 7.05 Å². The Morgan fingerprint density at radius 2 is 1.70 bits per heavy atom. The van der Waals surface area contributed by atoms with Gasteiger partial charge in [0, 0.05) is 31.4 Å². The quantitative estimate of drug-likeness (QED) is 0.838. The molecule has 6 heteroatoms. The average molecular weight is 320 g/mol. The summed E-state index contributed by atoms with van der Waals surface area (Å²) in [6.07, 6.45) is -0.653. The highest BCUT2D eigenvalue weighted by molar-refractivity contribution is 6.02. The van der Waals surface area contributed by atoms with Crippen molar-refractivity contribution < 1.29 is 19.1 Å². The zero-order chi connectivity index (χ0) is 17.0. The van der Waals surface area contributed by atoms with Gasteiger partial charge in [-0.2, -0.15) is 0 Å². The second kappa shape index (κ2) is 7.00. The summed E-state index contributed by atoms with van der Waals surface area (Å²) in [5, 5.41) is 0. The minimum absolute atomic E-state index is 0.382. The number of hydrogen-bond donors (Lipinski definition) is 0. The first-order chi connectivity index (χ1) is 10.8. The summed E-state index contributed by atoms with van der Waals surface area (Å²) in [7, 11) is 1.42. The van der Waals surface area contributed by atoms with E-state index in [2.05, 4.69) is 4.90 Å². The molecule has 0 saturated carbocycles. The van der Waals surface area contributed by atoms with E-state index in [4.69, 9.17) is 9.47 Å². The summed E-state index contributed by atoms with van der Waals surface area (Å²) in [5.41, 5.74) is 0.867. The number of benzene rings is 1. The Bertz CT molecular complexity index is 557. The molecule has 1 aromatic carbocycles. The van der Waals surface area contributed by atoms with Gasteiger partial charge in [-0.05, 0) is 45.0 Å². The molecule has 0 aromatic heterocycles. The third-order valence-corrected chi connectivity index (χ3v) is 3.46. The molecule has 1 fully saturated rings. The van der Waals surface area contributed by atoms with E-state index < -0.39 is 11.7 Å². The van der Waals surface area contributed by atoms with Crippen LogP contribution in [0.25, 0.3) is 0 Å². The van der Waals surface area contributed by atoms with Crippen molar-refractivity contribution in [2.24, 2.45) is 0 Å². The molecule has 1 heterocycles. The van der Waals surface area contributed by atoms with E-state index in [0.29, 0.717) is 18.8 Å². The minimum atomic E-state index is -0.653. The third-order valence-electron chi connectivity index (χ3n) is 3.46. The number of imide groups is 1. The summed E-state index contributed by atoms with van der Waals surface area (Å²) in [6, 6.07) is 7.24. The van der Waals surface area contributed by atoms with Gasteiger partial charge in [0.25, 0.3) is 5.91 Å². The number of ether oxygens (including phenoxy) is 2. The normalized spacial score (nSPS) is 15.2. The van der Waals surface area contributed by atoms with Crippen molar-refractivity contribution in [2.75, 3.05) is 38.3 Å². The van der Waals surface area contributed by atoms with Gasteiger partial charge in [0.15, 0.2) is 0 Å². The summed E-state index contributed by atoms with van der Waals surface area (Å²) in [5.74, 6) is -0.382. The molecule has 0 radical (unpaired) electrons. The molecule has 2 rings (SSSR count). The van der Waals surface area contributed by atoms with Crippen LogP contribution in [0, 0.1) is 0 Å². The molecule has 0 bridgehead atoms. The average Bonchev–Trinajstić information content (AvgIpc) is 2.53. The Balaban J connectivity index is 2.03. The maximum absolute atomic E-state index is 12.4. The van der Waals surface area contributed by atoms with Crippen LogP contribution in [-0.4, -0.2) is 55.9 Å². The van der Waals surface area contributed by atoms with Crippen LogP contribution in [0.2, 0.25) is 0 Å². The number of morpholine rings is 1. The van der Waals surface area contributed by atoms with Gasteiger partial charge < -0.3 is 14.4 Å². The molecule has 1 saturated heterocycles. The van der Waals surface area contributed by atoms with Crippen molar-refractivity contribution in [3.05, 3.63) is 29.8 Å². The van der Waals surface area contributed by atoms with Crippen LogP contribution >= 0.6 is 0 Å². The fraction of sp³-hybridized carbons (Fsp3) is 0.529. The van der Waals surface area contributed by atoms with Gasteiger partial charge in [-0.15, -0.1) is 0 Å². The lowest BCUT2D eigenvalue weighted by atomic mass is 10.1. The van der Waals surface area contributed by atoms with E-state index in [-0.39, 0.29) is 5.91 Å². The summed E-state index contributed by atoms with van der Waals surface area (Å²) in [4.78, 5) is 27.5. The minimum Gasteiger partial charge on any atom is -0.443 e. The van der Waals surface area contributed by atoms with E-state index >= 15 is 0 Å². The maximum Gasteiger partial charge on any atom is 0.417 e. The molecule has 2 amide bonds. The molecule has 23 heavy (non-hydrogen) atoms. The zero-order valence-corrected chi connectivity index (χ0v) is 14.2. The fourth-order valence-corrected chi connectivity index (χ4v) is 2.24. The molecule has 0 atom stereocenters. The Morgan fingerprint density at radius 3 is 2.22 bits per heavy atom. The first-order valence-corrected chi connectivity index (χ1v) is 7.72. The van der Waals surface area contributed by atoms with Crippen LogP contribution in [0.3, 0.4) is 0 Å². The number of carbonyl (C=O) groups is 2. The third kappa shape index (κ3) is 4.69. The Kier molecular flexibility index (Phi) is 5.26. The highest BCUT2D eigenvalue weighted by Crippen LogP contribution is 2.18. The van der Waals surface area contributed by atoms with E-state index in [1.807, 2.05) is 12.1 Å². The standard InChI is InChI=1S/C17H24N2O4/c1-17(2,3)23-16(21)18(4)15(20)13-5-7-14(8-6-13)19-9-11-22-12-10-19/h5-8H,9-12H2,1-4H3. The van der Waals surface area contributed by atoms with E-state index in [9.17, 15) is 9.59 Å². The Labute approximate surface area is 137 Å². The highest BCUT2D eigenvalue weighted by atomic mass is 16.6. The molecule has 0 N–H and O–H groups in total. The van der Waals surface area contributed by atoms with Gasteiger partial charge >= 0.3 is 6.09 Å². The number of rotatable bonds is 2. The van der Waals surface area contributed by atoms with Gasteiger partial charge in [0.05, 0.1) is 13.2 Å². The largest absolute Gasteiger partial charge is 0.443 e. The second-order valence-electron chi connectivity index (χ2n) is 6.49. The molecule has 1 aliphatic rings. The lowest BCUT2D eigenvalue weighted by Gasteiger charge is -2.29. The van der Waals surface area contributed by atoms with Crippen LogP contribution in [0.5, 0.6) is 0 Å². The van der Waals surface area contributed by atoms with Crippen LogP contribution in [0.1, 0.15) is 31.1 Å². The number of carbonyl (C=O) groups excluding carboxylic acids is 2. The highest BCUT2D eigenvalue weighted by Gasteiger charge is 2.24. The number of hydrogen-bond acceptors (Lipinski definition) is 5. The maximum atomic E-state index is 12.4. The van der Waals surface area contributed by atoms with Crippen molar-refractivity contribution >= 4 is 17.7 Å². The van der Waals surface area contributed by atoms with E-state index in [0.717, 1.165) is 23.7 Å². The van der Waals surface area contributed by atoms with Crippen molar-refractivity contribution in [2.45, 2.75) is 26.4 Å². The van der Waals surface area contributed by atoms with Gasteiger partial charge in [-0.1, -0.05) is 0 Å². The zero-order valence-electron chi connectivity index (χ0n) is 14.2. The molecule has 6 nitrogen and oxygen atoms in total.